The van der Waals surface area contributed by atoms with Gasteiger partial charge in [0, 0.05) is 5.69 Å². The molecule has 1 amide bonds. The lowest BCUT2D eigenvalue weighted by Gasteiger charge is -2.13. The van der Waals surface area contributed by atoms with Crippen LogP contribution < -0.4 is 15.8 Å². The van der Waals surface area contributed by atoms with E-state index in [0.29, 0.717) is 17.9 Å². The molecule has 0 aliphatic heterocycles. The number of amides is 1. The maximum Gasteiger partial charge on any atom is 0.416 e. The third-order valence-corrected chi connectivity index (χ3v) is 4.13. The minimum atomic E-state index is -4.43. The Kier molecular flexibility index (Phi) is 8.95. The lowest BCUT2D eigenvalue weighted by Crippen LogP contribution is -2.36. The molecule has 0 spiro atoms. The number of hydrogen-bond acceptors (Lipinski definition) is 4. The van der Waals surface area contributed by atoms with Gasteiger partial charge in [0.1, 0.15) is 11.5 Å². The zero-order chi connectivity index (χ0) is 19.2. The molecule has 4 nitrogen and oxygen atoms in total. The van der Waals surface area contributed by atoms with Crippen LogP contribution in [-0.4, -0.2) is 24.0 Å². The molecule has 2 rings (SSSR count). The fraction of sp³-hybridized carbons (Fsp3) is 0.278. The largest absolute Gasteiger partial charge is 0.457 e. The summed E-state index contributed by atoms with van der Waals surface area (Å²) in [5.41, 5.74) is 5.54. The van der Waals surface area contributed by atoms with Gasteiger partial charge in [-0.05, 0) is 60.9 Å². The number of carbonyl (C=O) groups is 1. The molecule has 27 heavy (non-hydrogen) atoms. The Hall–Kier alpha value is -1.90. The van der Waals surface area contributed by atoms with Crippen LogP contribution in [0.4, 0.5) is 18.9 Å². The summed E-state index contributed by atoms with van der Waals surface area (Å²) in [7, 11) is 0. The first kappa shape index (κ1) is 23.1. The number of nitrogens with two attached hydrogens (primary N) is 1. The predicted molar refractivity (Wildman–Crippen MR) is 105 cm³/mol. The van der Waals surface area contributed by atoms with Crippen molar-refractivity contribution in [3.8, 4) is 11.5 Å². The Bertz CT molecular complexity index is 742. The van der Waals surface area contributed by atoms with Crippen molar-refractivity contribution < 1.29 is 22.7 Å². The number of nitrogens with one attached hydrogen (secondary N) is 1. The molecule has 1 atom stereocenters. The summed E-state index contributed by atoms with van der Waals surface area (Å²) in [4.78, 5) is 11.9. The highest BCUT2D eigenvalue weighted by molar-refractivity contribution is 7.98. The first-order valence-electron chi connectivity index (χ1n) is 7.80. The fourth-order valence-electron chi connectivity index (χ4n) is 2.09. The predicted octanol–water partition coefficient (Wildman–Crippen LogP) is 4.94. The van der Waals surface area contributed by atoms with Crippen molar-refractivity contribution in [3.63, 3.8) is 0 Å². The van der Waals surface area contributed by atoms with Crippen molar-refractivity contribution in [1.82, 2.24) is 0 Å². The highest BCUT2D eigenvalue weighted by Crippen LogP contribution is 2.32. The molecule has 0 heterocycles. The highest BCUT2D eigenvalue weighted by atomic mass is 35.5. The average Bonchev–Trinajstić information content (AvgIpc) is 2.60. The molecule has 0 aliphatic rings. The van der Waals surface area contributed by atoms with Crippen LogP contribution in [0.2, 0.25) is 0 Å². The molecule has 0 bridgehead atoms. The lowest BCUT2D eigenvalue weighted by atomic mass is 10.2. The number of rotatable bonds is 7. The third-order valence-electron chi connectivity index (χ3n) is 3.49. The van der Waals surface area contributed by atoms with Gasteiger partial charge in [-0.3, -0.25) is 4.79 Å². The standard InChI is InChI=1S/C18H19F3N2O2S.ClH/c1-26-10-9-16(22)17(24)23-13-5-7-14(8-6-13)25-15-4-2-3-12(11-15)18(19,20)21;/h2-8,11,16H,9-10,22H2,1H3,(H,23,24);1H/t16-;/m0./s1. The van der Waals surface area contributed by atoms with Crippen molar-refractivity contribution in [1.29, 1.82) is 0 Å². The van der Waals surface area contributed by atoms with E-state index >= 15 is 0 Å². The maximum absolute atomic E-state index is 12.7. The van der Waals surface area contributed by atoms with Crippen molar-refractivity contribution in [2.45, 2.75) is 18.6 Å². The summed E-state index contributed by atoms with van der Waals surface area (Å²) in [6, 6.07) is 10.4. The Balaban J connectivity index is 0.00000364. The Labute approximate surface area is 166 Å². The van der Waals surface area contributed by atoms with Gasteiger partial charge >= 0.3 is 6.18 Å². The van der Waals surface area contributed by atoms with E-state index < -0.39 is 17.8 Å². The Morgan fingerprint density at radius 2 is 1.85 bits per heavy atom. The molecule has 148 valence electrons. The zero-order valence-electron chi connectivity index (χ0n) is 14.5. The number of thioether (sulfide) groups is 1. The first-order valence-corrected chi connectivity index (χ1v) is 9.19. The van der Waals surface area contributed by atoms with E-state index in [0.717, 1.165) is 17.9 Å². The molecule has 0 radical (unpaired) electrons. The molecule has 2 aromatic carbocycles. The number of halogens is 4. The van der Waals surface area contributed by atoms with Crippen LogP contribution >= 0.6 is 24.2 Å². The highest BCUT2D eigenvalue weighted by Gasteiger charge is 2.30. The maximum atomic E-state index is 12.7. The molecule has 0 saturated carbocycles. The quantitative estimate of drug-likeness (QED) is 0.666. The first-order chi connectivity index (χ1) is 12.3. The number of ether oxygens (including phenoxy) is 1. The minimum absolute atomic E-state index is 0. The normalized spacial score (nSPS) is 12.0. The molecule has 0 saturated heterocycles. The van der Waals surface area contributed by atoms with Crippen molar-refractivity contribution in [3.05, 3.63) is 54.1 Å². The van der Waals surface area contributed by atoms with Crippen LogP contribution in [0.3, 0.4) is 0 Å². The van der Waals surface area contributed by atoms with Gasteiger partial charge in [0.25, 0.3) is 0 Å². The van der Waals surface area contributed by atoms with Crippen molar-refractivity contribution in [2.75, 3.05) is 17.3 Å². The molecule has 2 aromatic rings. The topological polar surface area (TPSA) is 64.4 Å². The SMILES string of the molecule is CSCC[C@H](N)C(=O)Nc1ccc(Oc2cccc(C(F)(F)F)c2)cc1.Cl. The number of benzene rings is 2. The number of carbonyl (C=O) groups excluding carboxylic acids is 1. The smallest absolute Gasteiger partial charge is 0.416 e. The van der Waals surface area contributed by atoms with Gasteiger partial charge in [-0.25, -0.2) is 0 Å². The van der Waals surface area contributed by atoms with E-state index in [4.69, 9.17) is 10.5 Å². The average molecular weight is 421 g/mol. The number of anilines is 1. The Morgan fingerprint density at radius 3 is 2.44 bits per heavy atom. The number of alkyl halides is 3. The number of hydrogen-bond donors (Lipinski definition) is 2. The molecular formula is C18H20ClF3N2O2S. The molecule has 0 aromatic heterocycles. The molecule has 9 heteroatoms. The summed E-state index contributed by atoms with van der Waals surface area (Å²) < 4.78 is 43.6. The summed E-state index contributed by atoms with van der Waals surface area (Å²) in [5.74, 6) is 0.938. The van der Waals surface area contributed by atoms with E-state index in [1.165, 1.54) is 12.1 Å². The van der Waals surface area contributed by atoms with E-state index in [2.05, 4.69) is 5.32 Å². The van der Waals surface area contributed by atoms with Crippen molar-refractivity contribution in [2.24, 2.45) is 5.73 Å². The van der Waals surface area contributed by atoms with Gasteiger partial charge in [-0.1, -0.05) is 6.07 Å². The van der Waals surface area contributed by atoms with Crippen LogP contribution in [0.15, 0.2) is 48.5 Å². The van der Waals surface area contributed by atoms with Crippen molar-refractivity contribution >= 4 is 35.8 Å². The van der Waals surface area contributed by atoms with Gasteiger partial charge in [-0.2, -0.15) is 24.9 Å². The van der Waals surface area contributed by atoms with Gasteiger partial charge in [0.2, 0.25) is 5.91 Å². The van der Waals surface area contributed by atoms with Crippen LogP contribution in [0.1, 0.15) is 12.0 Å². The second-order valence-corrected chi connectivity index (χ2v) is 6.51. The summed E-state index contributed by atoms with van der Waals surface area (Å²) in [5, 5.41) is 2.69. The molecule has 0 aliphatic carbocycles. The third kappa shape index (κ3) is 7.32. The molecule has 3 N–H and O–H groups in total. The van der Waals surface area contributed by atoms with Gasteiger partial charge in [0.15, 0.2) is 0 Å². The van der Waals surface area contributed by atoms with E-state index in [1.807, 2.05) is 6.26 Å². The fourth-order valence-corrected chi connectivity index (χ4v) is 2.58. The van der Waals surface area contributed by atoms with Gasteiger partial charge < -0.3 is 15.8 Å². The zero-order valence-corrected chi connectivity index (χ0v) is 16.1. The summed E-state index contributed by atoms with van der Waals surface area (Å²) >= 11 is 1.61. The minimum Gasteiger partial charge on any atom is -0.457 e. The van der Waals surface area contributed by atoms with Gasteiger partial charge in [0.05, 0.1) is 11.6 Å². The second kappa shape index (κ2) is 10.4. The molecular weight excluding hydrogens is 401 g/mol. The van der Waals surface area contributed by atoms with E-state index in [-0.39, 0.29) is 24.1 Å². The molecule has 0 fully saturated rings. The van der Waals surface area contributed by atoms with Gasteiger partial charge in [-0.15, -0.1) is 12.4 Å². The van der Waals surface area contributed by atoms with Crippen LogP contribution in [0.25, 0.3) is 0 Å². The van der Waals surface area contributed by atoms with Crippen LogP contribution in [0, 0.1) is 0 Å². The van der Waals surface area contributed by atoms with E-state index in [9.17, 15) is 18.0 Å². The lowest BCUT2D eigenvalue weighted by molar-refractivity contribution is -0.137. The van der Waals surface area contributed by atoms with Crippen LogP contribution in [-0.2, 0) is 11.0 Å². The monoisotopic (exact) mass is 420 g/mol. The summed E-state index contributed by atoms with van der Waals surface area (Å²) in [6.07, 6.45) is -1.92. The Morgan fingerprint density at radius 1 is 1.19 bits per heavy atom. The summed E-state index contributed by atoms with van der Waals surface area (Å²) in [6.45, 7) is 0. The van der Waals surface area contributed by atoms with E-state index in [1.54, 1.807) is 36.0 Å². The molecule has 0 unspecified atom stereocenters. The second-order valence-electron chi connectivity index (χ2n) is 5.53. The van der Waals surface area contributed by atoms with Crippen LogP contribution in [0.5, 0.6) is 11.5 Å².